The van der Waals surface area contributed by atoms with Crippen LogP contribution in [0.4, 0.5) is 0 Å². The van der Waals surface area contributed by atoms with E-state index in [-0.39, 0.29) is 5.75 Å². The van der Waals surface area contributed by atoms with Gasteiger partial charge in [0.1, 0.15) is 5.75 Å². The van der Waals surface area contributed by atoms with Gasteiger partial charge in [-0.1, -0.05) is 28.1 Å². The summed E-state index contributed by atoms with van der Waals surface area (Å²) >= 11 is 8.13. The van der Waals surface area contributed by atoms with Crippen LogP contribution in [-0.4, -0.2) is 20.1 Å². The molecule has 0 bridgehead atoms. The molecule has 0 unspecified atom stereocenters. The number of sulfone groups is 1. The second-order valence-electron chi connectivity index (χ2n) is 4.64. The molecule has 0 fully saturated rings. The fraction of sp³-hybridized carbons (Fsp3) is 0.214. The summed E-state index contributed by atoms with van der Waals surface area (Å²) in [7, 11) is -3.49. The predicted octanol–water partition coefficient (Wildman–Crippen LogP) is 3.50. The highest BCUT2D eigenvalue weighted by Gasteiger charge is 2.17. The molecular weight excluding hydrogens is 454 g/mol. The van der Waals surface area contributed by atoms with Gasteiger partial charge in [0.2, 0.25) is 5.91 Å². The van der Waals surface area contributed by atoms with Crippen molar-refractivity contribution in [3.05, 3.63) is 55.1 Å². The van der Waals surface area contributed by atoms with Crippen molar-refractivity contribution in [1.29, 1.82) is 0 Å². The second kappa shape index (κ2) is 7.72. The van der Waals surface area contributed by atoms with Crippen molar-refractivity contribution in [2.24, 2.45) is 0 Å². The molecule has 8 heteroatoms. The van der Waals surface area contributed by atoms with Crippen LogP contribution in [0.1, 0.15) is 10.4 Å². The van der Waals surface area contributed by atoms with Crippen molar-refractivity contribution >= 4 is 58.9 Å². The number of carbonyl (C=O) groups is 1. The Hall–Kier alpha value is -0.700. The van der Waals surface area contributed by atoms with Crippen LogP contribution in [-0.2, 0) is 26.9 Å². The molecule has 0 aliphatic carbocycles. The van der Waals surface area contributed by atoms with Crippen LogP contribution in [0.2, 0.25) is 0 Å². The fourth-order valence-electron chi connectivity index (χ4n) is 1.81. The quantitative estimate of drug-likeness (QED) is 0.708. The van der Waals surface area contributed by atoms with E-state index in [1.54, 1.807) is 18.2 Å². The molecular formula is C14H13Br2NO3S2. The number of hydrogen-bond donors (Lipinski definition) is 1. The number of hydrogen-bond acceptors (Lipinski definition) is 4. The van der Waals surface area contributed by atoms with Gasteiger partial charge in [-0.25, -0.2) is 8.42 Å². The van der Waals surface area contributed by atoms with Crippen molar-refractivity contribution in [3.8, 4) is 0 Å². The molecule has 1 aromatic heterocycles. The summed E-state index contributed by atoms with van der Waals surface area (Å²) in [5.41, 5.74) is 0.657. The maximum Gasteiger partial charge on any atom is 0.235 e. The van der Waals surface area contributed by atoms with Gasteiger partial charge in [0, 0.05) is 9.35 Å². The third-order valence-corrected chi connectivity index (χ3v) is 6.31. The van der Waals surface area contributed by atoms with E-state index in [9.17, 15) is 13.2 Å². The fourth-order valence-corrected chi connectivity index (χ4v) is 4.98. The van der Waals surface area contributed by atoms with Crippen molar-refractivity contribution < 1.29 is 13.2 Å². The minimum absolute atomic E-state index is 0.148. The first-order valence-electron chi connectivity index (χ1n) is 6.30. The molecule has 2 rings (SSSR count). The lowest BCUT2D eigenvalue weighted by atomic mass is 10.2. The van der Waals surface area contributed by atoms with Gasteiger partial charge in [-0.15, -0.1) is 11.3 Å². The molecule has 0 spiro atoms. The van der Waals surface area contributed by atoms with Crippen LogP contribution in [0, 0.1) is 0 Å². The Labute approximate surface area is 150 Å². The summed E-state index contributed by atoms with van der Waals surface area (Å²) in [4.78, 5) is 12.8. The predicted molar refractivity (Wildman–Crippen MR) is 95.5 cm³/mol. The summed E-state index contributed by atoms with van der Waals surface area (Å²) < 4.78 is 25.9. The third-order valence-electron chi connectivity index (χ3n) is 2.72. The standard InChI is InChI=1S/C14H13Br2NO3S2/c15-11-3-1-2-10(6-11)8-22(19,20)9-14(18)17-7-12-4-5-13(16)21-12/h1-6H,7-9H2,(H,17,18). The first-order valence-corrected chi connectivity index (χ1v) is 10.5. The van der Waals surface area contributed by atoms with Gasteiger partial charge in [-0.2, -0.15) is 0 Å². The lowest BCUT2D eigenvalue weighted by Gasteiger charge is -2.06. The second-order valence-corrected chi connectivity index (χ2v) is 10.2. The zero-order valence-corrected chi connectivity index (χ0v) is 16.2. The highest BCUT2D eigenvalue weighted by molar-refractivity contribution is 9.11. The largest absolute Gasteiger partial charge is 0.350 e. The zero-order valence-electron chi connectivity index (χ0n) is 11.4. The highest BCUT2D eigenvalue weighted by atomic mass is 79.9. The van der Waals surface area contributed by atoms with Crippen molar-refractivity contribution in [2.75, 3.05) is 5.75 Å². The highest BCUT2D eigenvalue weighted by Crippen LogP contribution is 2.21. The Morgan fingerprint density at radius 3 is 2.59 bits per heavy atom. The molecule has 1 N–H and O–H groups in total. The van der Waals surface area contributed by atoms with Gasteiger partial charge in [0.05, 0.1) is 16.1 Å². The van der Waals surface area contributed by atoms with Gasteiger partial charge in [-0.05, 0) is 45.8 Å². The Bertz CT molecular complexity index is 772. The molecule has 1 heterocycles. The molecule has 4 nitrogen and oxygen atoms in total. The first kappa shape index (κ1) is 17.7. The monoisotopic (exact) mass is 465 g/mol. The van der Waals surface area contributed by atoms with E-state index in [1.807, 2.05) is 18.2 Å². The number of nitrogens with one attached hydrogen (secondary N) is 1. The van der Waals surface area contributed by atoms with Gasteiger partial charge in [0.15, 0.2) is 9.84 Å². The van der Waals surface area contributed by atoms with E-state index in [2.05, 4.69) is 37.2 Å². The molecule has 2 aromatic rings. The molecule has 0 atom stereocenters. The molecule has 1 aromatic carbocycles. The third kappa shape index (κ3) is 5.83. The van der Waals surface area contributed by atoms with Crippen LogP contribution in [0.15, 0.2) is 44.7 Å². The maximum absolute atomic E-state index is 12.1. The lowest BCUT2D eigenvalue weighted by molar-refractivity contribution is -0.118. The minimum atomic E-state index is -3.49. The number of carbonyl (C=O) groups excluding carboxylic acids is 1. The van der Waals surface area contributed by atoms with Gasteiger partial charge < -0.3 is 5.32 Å². The number of rotatable bonds is 6. The van der Waals surface area contributed by atoms with Crippen LogP contribution >= 0.6 is 43.2 Å². The average molecular weight is 467 g/mol. The molecule has 0 saturated carbocycles. The zero-order chi connectivity index (χ0) is 16.2. The van der Waals surface area contributed by atoms with E-state index in [0.717, 1.165) is 13.1 Å². The number of halogens is 2. The number of benzene rings is 1. The maximum atomic E-state index is 12.1. The Balaban J connectivity index is 1.89. The van der Waals surface area contributed by atoms with Gasteiger partial charge in [-0.3, -0.25) is 4.79 Å². The summed E-state index contributed by atoms with van der Waals surface area (Å²) in [5.74, 6) is -1.14. The van der Waals surface area contributed by atoms with E-state index in [1.165, 1.54) is 11.3 Å². The molecule has 0 saturated heterocycles. The Kier molecular flexibility index (Phi) is 6.19. The van der Waals surface area contributed by atoms with E-state index >= 15 is 0 Å². The Morgan fingerprint density at radius 2 is 1.95 bits per heavy atom. The molecule has 0 aliphatic heterocycles. The average Bonchev–Trinajstić information content (AvgIpc) is 2.81. The van der Waals surface area contributed by atoms with Gasteiger partial charge in [0.25, 0.3) is 0 Å². The Morgan fingerprint density at radius 1 is 1.18 bits per heavy atom. The summed E-state index contributed by atoms with van der Waals surface area (Å²) in [6, 6.07) is 10.8. The minimum Gasteiger partial charge on any atom is -0.350 e. The lowest BCUT2D eigenvalue weighted by Crippen LogP contribution is -2.30. The SMILES string of the molecule is O=C(CS(=O)(=O)Cc1cccc(Br)c1)NCc1ccc(Br)s1. The van der Waals surface area contributed by atoms with Crippen LogP contribution in [0.25, 0.3) is 0 Å². The molecule has 22 heavy (non-hydrogen) atoms. The van der Waals surface area contributed by atoms with E-state index in [0.29, 0.717) is 12.1 Å². The normalized spacial score (nSPS) is 11.4. The topological polar surface area (TPSA) is 63.2 Å². The summed E-state index contributed by atoms with van der Waals surface area (Å²) in [5, 5.41) is 2.63. The van der Waals surface area contributed by atoms with Crippen molar-refractivity contribution in [2.45, 2.75) is 12.3 Å². The van der Waals surface area contributed by atoms with E-state index in [4.69, 9.17) is 0 Å². The summed E-state index contributed by atoms with van der Waals surface area (Å²) in [6.45, 7) is 0.335. The molecule has 0 radical (unpaired) electrons. The van der Waals surface area contributed by atoms with Crippen LogP contribution in [0.3, 0.4) is 0 Å². The molecule has 118 valence electrons. The summed E-state index contributed by atoms with van der Waals surface area (Å²) in [6.07, 6.45) is 0. The van der Waals surface area contributed by atoms with E-state index < -0.39 is 21.5 Å². The van der Waals surface area contributed by atoms with Crippen molar-refractivity contribution in [1.82, 2.24) is 5.32 Å². The number of amides is 1. The van der Waals surface area contributed by atoms with Crippen molar-refractivity contribution in [3.63, 3.8) is 0 Å². The van der Waals surface area contributed by atoms with Crippen LogP contribution < -0.4 is 5.32 Å². The smallest absolute Gasteiger partial charge is 0.235 e. The molecule has 1 amide bonds. The van der Waals surface area contributed by atoms with Gasteiger partial charge >= 0.3 is 0 Å². The molecule has 0 aliphatic rings. The van der Waals surface area contributed by atoms with Crippen LogP contribution in [0.5, 0.6) is 0 Å². The number of thiophene rings is 1. The first-order chi connectivity index (χ1) is 10.3.